The van der Waals surface area contributed by atoms with Crippen LogP contribution in [0.25, 0.3) is 0 Å². The van der Waals surface area contributed by atoms with Gasteiger partial charge in [0.15, 0.2) is 5.78 Å². The lowest BCUT2D eigenvalue weighted by atomic mass is 10.1. The van der Waals surface area contributed by atoms with Crippen molar-refractivity contribution in [3.63, 3.8) is 0 Å². The largest absolute Gasteiger partial charge is 0.293 e. The molecular weight excluding hydrogens is 387 g/mol. The van der Waals surface area contributed by atoms with Gasteiger partial charge in [0.2, 0.25) is 0 Å². The van der Waals surface area contributed by atoms with E-state index in [1.165, 1.54) is 0 Å². The van der Waals surface area contributed by atoms with E-state index in [2.05, 4.69) is 47.8 Å². The molecule has 0 aliphatic heterocycles. The number of carbonyl (C=O) groups excluding carboxylic acids is 1. The third kappa shape index (κ3) is 2.55. The van der Waals surface area contributed by atoms with Gasteiger partial charge < -0.3 is 0 Å². The van der Waals surface area contributed by atoms with Gasteiger partial charge in [-0.15, -0.1) is 0 Å². The molecule has 0 atom stereocenters. The third-order valence-corrected chi connectivity index (χ3v) is 3.90. The highest BCUT2D eigenvalue weighted by molar-refractivity contribution is 9.11. The zero-order chi connectivity index (χ0) is 10.0. The van der Waals surface area contributed by atoms with Crippen molar-refractivity contribution < 1.29 is 4.79 Å². The summed E-state index contributed by atoms with van der Waals surface area (Å²) in [5.41, 5.74) is 0.507. The first kappa shape index (κ1) is 11.7. The van der Waals surface area contributed by atoms with Crippen LogP contribution in [0.5, 0.6) is 0 Å². The maximum absolute atomic E-state index is 11.4. The fourth-order valence-corrected chi connectivity index (χ4v) is 2.40. The Morgan fingerprint density at radius 3 is 2.38 bits per heavy atom. The Kier molecular flexibility index (Phi) is 4.42. The Morgan fingerprint density at radius 2 is 1.85 bits per heavy atom. The number of Topliss-reactive ketones (excluding diaryl/α,β-unsaturated/α-hetero) is 1. The molecule has 0 aliphatic rings. The lowest BCUT2D eigenvalue weighted by Crippen LogP contribution is -2.02. The number of alkyl halides is 1. The van der Waals surface area contributed by atoms with Crippen LogP contribution < -0.4 is 0 Å². The second kappa shape index (κ2) is 4.91. The van der Waals surface area contributed by atoms with Gasteiger partial charge in [0.25, 0.3) is 0 Å². The van der Waals surface area contributed by atoms with Crippen LogP contribution >= 0.6 is 59.4 Å². The summed E-state index contributed by atoms with van der Waals surface area (Å²) in [6.45, 7) is 0. The SMILES string of the molecule is O=C(CBr)c1c(Br)ccc(Br)c1Cl. The monoisotopic (exact) mass is 388 g/mol. The molecule has 0 heterocycles. The van der Waals surface area contributed by atoms with Gasteiger partial charge in [-0.05, 0) is 44.0 Å². The third-order valence-electron chi connectivity index (χ3n) is 1.44. The molecule has 0 spiro atoms. The first-order valence-electron chi connectivity index (χ1n) is 3.30. The number of carbonyl (C=O) groups is 1. The zero-order valence-electron chi connectivity index (χ0n) is 6.28. The topological polar surface area (TPSA) is 17.1 Å². The molecule has 5 heteroatoms. The fraction of sp³-hybridized carbons (Fsp3) is 0.125. The molecule has 0 radical (unpaired) electrons. The van der Waals surface area contributed by atoms with E-state index in [9.17, 15) is 4.79 Å². The van der Waals surface area contributed by atoms with Crippen LogP contribution in [0.3, 0.4) is 0 Å². The lowest BCUT2D eigenvalue weighted by molar-refractivity contribution is 0.102. The van der Waals surface area contributed by atoms with Crippen LogP contribution in [0, 0.1) is 0 Å². The molecule has 70 valence electrons. The molecule has 0 amide bonds. The predicted molar refractivity (Wildman–Crippen MR) is 65.0 cm³/mol. The molecule has 0 aromatic heterocycles. The van der Waals surface area contributed by atoms with Gasteiger partial charge in [0, 0.05) is 8.95 Å². The Hall–Kier alpha value is 0.620. The van der Waals surface area contributed by atoms with Crippen LogP contribution in [0.1, 0.15) is 10.4 Å². The van der Waals surface area contributed by atoms with Crippen molar-refractivity contribution in [1.29, 1.82) is 0 Å². The smallest absolute Gasteiger partial charge is 0.176 e. The molecule has 0 unspecified atom stereocenters. The van der Waals surface area contributed by atoms with E-state index < -0.39 is 0 Å². The molecule has 1 rings (SSSR count). The van der Waals surface area contributed by atoms with Crippen molar-refractivity contribution in [1.82, 2.24) is 0 Å². The Balaban J connectivity index is 3.33. The van der Waals surface area contributed by atoms with E-state index in [4.69, 9.17) is 11.6 Å². The minimum Gasteiger partial charge on any atom is -0.293 e. The van der Waals surface area contributed by atoms with Crippen LogP contribution in [-0.2, 0) is 0 Å². The summed E-state index contributed by atoms with van der Waals surface area (Å²) in [4.78, 5) is 11.4. The Labute approximate surface area is 106 Å². The van der Waals surface area contributed by atoms with Crippen LogP contribution in [0.2, 0.25) is 5.02 Å². The van der Waals surface area contributed by atoms with Gasteiger partial charge in [-0.2, -0.15) is 0 Å². The van der Waals surface area contributed by atoms with E-state index in [0.717, 1.165) is 4.47 Å². The second-order valence-electron chi connectivity index (χ2n) is 2.27. The van der Waals surface area contributed by atoms with Gasteiger partial charge in [-0.1, -0.05) is 27.5 Å². The van der Waals surface area contributed by atoms with Crippen LogP contribution in [0.15, 0.2) is 21.1 Å². The van der Waals surface area contributed by atoms with Gasteiger partial charge in [-0.25, -0.2) is 0 Å². The molecule has 1 aromatic carbocycles. The normalized spacial score (nSPS) is 10.2. The van der Waals surface area contributed by atoms with Crippen molar-refractivity contribution in [2.75, 3.05) is 5.33 Å². The maximum atomic E-state index is 11.4. The molecule has 0 N–H and O–H groups in total. The average molecular weight is 391 g/mol. The summed E-state index contributed by atoms with van der Waals surface area (Å²) in [6, 6.07) is 3.57. The Bertz CT molecular complexity index is 351. The minimum absolute atomic E-state index is 0.0434. The number of hydrogen-bond acceptors (Lipinski definition) is 1. The number of ketones is 1. The average Bonchev–Trinajstić information content (AvgIpc) is 2.12. The summed E-state index contributed by atoms with van der Waals surface area (Å²) in [5.74, 6) is -0.0434. The van der Waals surface area contributed by atoms with Crippen molar-refractivity contribution in [3.8, 4) is 0 Å². The summed E-state index contributed by atoms with van der Waals surface area (Å²) in [7, 11) is 0. The minimum atomic E-state index is -0.0434. The highest BCUT2D eigenvalue weighted by atomic mass is 79.9. The van der Waals surface area contributed by atoms with Crippen LogP contribution in [-0.4, -0.2) is 11.1 Å². The molecule has 0 saturated heterocycles. The summed E-state index contributed by atoms with van der Waals surface area (Å²) in [6.07, 6.45) is 0. The molecular formula is C8H4Br3ClO. The molecule has 1 nitrogen and oxygen atoms in total. The fourth-order valence-electron chi connectivity index (χ4n) is 0.849. The van der Waals surface area contributed by atoms with Gasteiger partial charge in [0.1, 0.15) is 0 Å². The van der Waals surface area contributed by atoms with Crippen molar-refractivity contribution in [2.24, 2.45) is 0 Å². The standard InChI is InChI=1S/C8H4Br3ClO/c9-3-6(13)7-4(10)1-2-5(11)8(7)12/h1-2H,3H2. The van der Waals surface area contributed by atoms with E-state index in [0.29, 0.717) is 15.1 Å². The van der Waals surface area contributed by atoms with Gasteiger partial charge >= 0.3 is 0 Å². The first-order chi connectivity index (χ1) is 6.07. The predicted octanol–water partition coefficient (Wildman–Crippen LogP) is 4.44. The molecule has 13 heavy (non-hydrogen) atoms. The lowest BCUT2D eigenvalue weighted by Gasteiger charge is -2.05. The summed E-state index contributed by atoms with van der Waals surface area (Å²) < 4.78 is 1.44. The van der Waals surface area contributed by atoms with Crippen LogP contribution in [0.4, 0.5) is 0 Å². The maximum Gasteiger partial charge on any atom is 0.176 e. The van der Waals surface area contributed by atoms with Gasteiger partial charge in [-0.3, -0.25) is 4.79 Å². The number of hydrogen-bond donors (Lipinski definition) is 0. The molecule has 1 aromatic rings. The first-order valence-corrected chi connectivity index (χ1v) is 6.39. The summed E-state index contributed by atoms with van der Waals surface area (Å²) >= 11 is 15.6. The van der Waals surface area contributed by atoms with E-state index in [1.54, 1.807) is 12.1 Å². The van der Waals surface area contributed by atoms with Crippen molar-refractivity contribution in [2.45, 2.75) is 0 Å². The van der Waals surface area contributed by atoms with E-state index >= 15 is 0 Å². The quantitative estimate of drug-likeness (QED) is 0.414. The Morgan fingerprint density at radius 1 is 1.31 bits per heavy atom. The summed E-state index contributed by atoms with van der Waals surface area (Å²) in [5, 5.41) is 0.709. The van der Waals surface area contributed by atoms with E-state index in [-0.39, 0.29) is 11.1 Å². The molecule has 0 aliphatic carbocycles. The number of rotatable bonds is 2. The van der Waals surface area contributed by atoms with Crippen molar-refractivity contribution >= 4 is 65.2 Å². The zero-order valence-corrected chi connectivity index (χ0v) is 11.8. The number of halogens is 4. The number of benzene rings is 1. The second-order valence-corrected chi connectivity index (χ2v) is 4.92. The highest BCUT2D eigenvalue weighted by Gasteiger charge is 2.15. The molecule has 0 saturated carbocycles. The van der Waals surface area contributed by atoms with Gasteiger partial charge in [0.05, 0.1) is 15.9 Å². The van der Waals surface area contributed by atoms with E-state index in [1.807, 2.05) is 0 Å². The molecule has 0 fully saturated rings. The highest BCUT2D eigenvalue weighted by Crippen LogP contribution is 2.32. The molecule has 0 bridgehead atoms. The van der Waals surface area contributed by atoms with Crippen molar-refractivity contribution in [3.05, 3.63) is 31.7 Å².